The Morgan fingerprint density at radius 1 is 0.529 bits per heavy atom. The Labute approximate surface area is 402 Å². The highest BCUT2D eigenvalue weighted by Crippen LogP contribution is 2.33. The summed E-state index contributed by atoms with van der Waals surface area (Å²) in [5.41, 5.74) is 0. The molecule has 68 heavy (non-hydrogen) atoms. The first-order chi connectivity index (χ1) is 32.8. The third-order valence-electron chi connectivity index (χ3n) is 12.7. The second kappa shape index (κ2) is 34.4. The monoisotopic (exact) mass is 978 g/mol. The summed E-state index contributed by atoms with van der Waals surface area (Å²) < 4.78 is 34.0. The molecule has 3 fully saturated rings. The van der Waals surface area contributed by atoms with Crippen molar-refractivity contribution in [1.29, 1.82) is 0 Å². The minimum Gasteiger partial charge on any atom is -0.394 e. The minimum absolute atomic E-state index is 0.226. The third kappa shape index (κ3) is 20.3. The summed E-state index contributed by atoms with van der Waals surface area (Å²) in [6, 6.07) is -0.975. The maximum absolute atomic E-state index is 13.2. The molecule has 0 aromatic heterocycles. The number of aliphatic hydroxyl groups excluding tert-OH is 11. The summed E-state index contributed by atoms with van der Waals surface area (Å²) in [6.07, 6.45) is 4.69. The predicted octanol–water partition coefficient (Wildman–Crippen LogP) is 1.42. The zero-order valence-corrected chi connectivity index (χ0v) is 40.3. The number of aliphatic hydroxyl groups is 11. The minimum atomic E-state index is -1.98. The van der Waals surface area contributed by atoms with Crippen molar-refractivity contribution in [2.75, 3.05) is 26.4 Å². The second-order valence-corrected chi connectivity index (χ2v) is 18.3. The van der Waals surface area contributed by atoms with Gasteiger partial charge in [-0.3, -0.25) is 4.79 Å². The number of amides is 1. The second-order valence-electron chi connectivity index (χ2n) is 18.3. The molecule has 17 atom stereocenters. The van der Waals surface area contributed by atoms with E-state index in [4.69, 9.17) is 28.4 Å². The number of nitrogens with one attached hydrogen (secondary N) is 1. The van der Waals surface area contributed by atoms with Crippen LogP contribution in [0.1, 0.15) is 136 Å². The van der Waals surface area contributed by atoms with Gasteiger partial charge in [-0.2, -0.15) is 0 Å². The Morgan fingerprint density at radius 2 is 0.971 bits per heavy atom. The van der Waals surface area contributed by atoms with E-state index in [2.05, 4.69) is 43.5 Å². The van der Waals surface area contributed by atoms with Crippen LogP contribution in [0, 0.1) is 0 Å². The van der Waals surface area contributed by atoms with Crippen LogP contribution in [0.25, 0.3) is 0 Å². The van der Waals surface area contributed by atoms with Gasteiger partial charge in [-0.1, -0.05) is 115 Å². The van der Waals surface area contributed by atoms with Gasteiger partial charge in [-0.05, 0) is 51.4 Å². The molecule has 17 unspecified atom stereocenters. The predicted molar refractivity (Wildman–Crippen MR) is 249 cm³/mol. The molecular formula is C49H87NO18. The summed E-state index contributed by atoms with van der Waals surface area (Å²) in [5, 5.41) is 119. The fourth-order valence-electron chi connectivity index (χ4n) is 8.39. The van der Waals surface area contributed by atoms with Crippen molar-refractivity contribution in [2.45, 2.75) is 240 Å². The van der Waals surface area contributed by atoms with Gasteiger partial charge in [-0.15, -0.1) is 0 Å². The summed E-state index contributed by atoms with van der Waals surface area (Å²) in [7, 11) is 0. The molecule has 0 aromatic carbocycles. The third-order valence-corrected chi connectivity index (χ3v) is 12.7. The molecule has 0 radical (unpaired) electrons. The Kier molecular flexibility index (Phi) is 30.5. The summed E-state index contributed by atoms with van der Waals surface area (Å²) >= 11 is 0. The molecule has 0 aliphatic carbocycles. The van der Waals surface area contributed by atoms with Crippen LogP contribution in [-0.4, -0.2) is 193 Å². The van der Waals surface area contributed by atoms with Gasteiger partial charge in [-0.25, -0.2) is 0 Å². The Bertz CT molecular complexity index is 1400. The lowest BCUT2D eigenvalue weighted by Crippen LogP contribution is -2.66. The number of unbranched alkanes of at least 4 members (excludes halogenated alkanes) is 14. The average molecular weight is 978 g/mol. The van der Waals surface area contributed by atoms with Crippen LogP contribution in [0.4, 0.5) is 0 Å². The number of ether oxygens (including phenoxy) is 6. The van der Waals surface area contributed by atoms with Gasteiger partial charge in [0.1, 0.15) is 73.2 Å². The lowest BCUT2D eigenvalue weighted by molar-refractivity contribution is -0.379. The zero-order valence-electron chi connectivity index (χ0n) is 40.3. The standard InChI is InChI=1S/C49H87NO18/c1-3-5-7-9-11-12-13-14-15-16-17-18-19-21-23-25-27-37(55)50-32(33(54)26-24-22-20-10-8-6-4-2)31-63-47-43(61)40(58)45(35(29-52)65-47)68-49-44(62)41(59)46(36(30-53)66-49)67-48-42(60)39(57)38(56)34(28-51)64-48/h12-13,15-16,24,26,32-36,38-49,51-54,56-62H,3-11,14,17-23,25,27-31H2,1-2H3,(H,50,55)/b13-12-,16-15-,26-24+. The number of hydrogen-bond acceptors (Lipinski definition) is 18. The molecule has 3 heterocycles. The van der Waals surface area contributed by atoms with Crippen LogP contribution in [-0.2, 0) is 33.2 Å². The highest BCUT2D eigenvalue weighted by molar-refractivity contribution is 5.76. The first kappa shape index (κ1) is 60.3. The first-order valence-corrected chi connectivity index (χ1v) is 25.2. The Balaban J connectivity index is 1.54. The Morgan fingerprint density at radius 3 is 1.51 bits per heavy atom. The molecule has 19 nitrogen and oxygen atoms in total. The van der Waals surface area contributed by atoms with Gasteiger partial charge in [0.25, 0.3) is 0 Å². The molecule has 0 aromatic rings. The van der Waals surface area contributed by atoms with Crippen molar-refractivity contribution in [3.63, 3.8) is 0 Å². The van der Waals surface area contributed by atoms with Crippen LogP contribution < -0.4 is 5.32 Å². The van der Waals surface area contributed by atoms with Crippen LogP contribution in [0.5, 0.6) is 0 Å². The van der Waals surface area contributed by atoms with E-state index in [1.54, 1.807) is 6.08 Å². The van der Waals surface area contributed by atoms with Crippen molar-refractivity contribution in [3.8, 4) is 0 Å². The maximum atomic E-state index is 13.2. The highest BCUT2D eigenvalue weighted by atomic mass is 16.8. The van der Waals surface area contributed by atoms with Crippen molar-refractivity contribution >= 4 is 5.91 Å². The zero-order chi connectivity index (χ0) is 49.8. The fraction of sp³-hybridized carbons (Fsp3) is 0.857. The largest absolute Gasteiger partial charge is 0.394 e. The quantitative estimate of drug-likeness (QED) is 0.0321. The molecule has 3 rings (SSSR count). The summed E-state index contributed by atoms with van der Waals surface area (Å²) in [5.74, 6) is -0.297. The molecule has 3 aliphatic rings. The molecule has 396 valence electrons. The normalized spacial score (nSPS) is 33.5. The molecule has 19 heteroatoms. The average Bonchev–Trinajstić information content (AvgIpc) is 3.33. The molecule has 3 saturated heterocycles. The molecule has 0 bridgehead atoms. The molecule has 12 N–H and O–H groups in total. The summed E-state index contributed by atoms with van der Waals surface area (Å²) in [4.78, 5) is 13.2. The van der Waals surface area contributed by atoms with Crippen LogP contribution in [0.15, 0.2) is 36.5 Å². The topological polar surface area (TPSA) is 307 Å². The molecule has 3 aliphatic heterocycles. The smallest absolute Gasteiger partial charge is 0.220 e. The number of hydrogen-bond donors (Lipinski definition) is 12. The van der Waals surface area contributed by atoms with Crippen molar-refractivity contribution in [2.24, 2.45) is 0 Å². The van der Waals surface area contributed by atoms with Gasteiger partial charge in [0, 0.05) is 6.42 Å². The lowest BCUT2D eigenvalue weighted by Gasteiger charge is -2.48. The van der Waals surface area contributed by atoms with Crippen molar-refractivity contribution in [3.05, 3.63) is 36.5 Å². The molecule has 0 saturated carbocycles. The van der Waals surface area contributed by atoms with Crippen molar-refractivity contribution < 1.29 is 89.4 Å². The lowest BCUT2D eigenvalue weighted by atomic mass is 9.96. The van der Waals surface area contributed by atoms with Crippen LogP contribution in [0.3, 0.4) is 0 Å². The van der Waals surface area contributed by atoms with Crippen LogP contribution in [0.2, 0.25) is 0 Å². The van der Waals surface area contributed by atoms with E-state index in [9.17, 15) is 61.0 Å². The van der Waals surface area contributed by atoms with E-state index in [1.165, 1.54) is 25.7 Å². The van der Waals surface area contributed by atoms with Crippen LogP contribution >= 0.6 is 0 Å². The SMILES string of the molecule is CCCCCC/C=C\C/C=C\CCCCCCCC(=O)NC(COC1OC(CO)C(OC2OC(CO)C(OC3OC(CO)C(O)C(O)C3O)C(O)C2O)C(O)C1O)C(O)/C=C/CCCCCCC. The van der Waals surface area contributed by atoms with E-state index < -0.39 is 124 Å². The molecular weight excluding hydrogens is 891 g/mol. The first-order valence-electron chi connectivity index (χ1n) is 25.2. The van der Waals surface area contributed by atoms with E-state index in [-0.39, 0.29) is 18.9 Å². The number of allylic oxidation sites excluding steroid dienone is 5. The van der Waals surface area contributed by atoms with E-state index in [0.29, 0.717) is 6.42 Å². The number of carbonyl (C=O) groups excluding carboxylic acids is 1. The van der Waals surface area contributed by atoms with Gasteiger partial charge in [0.05, 0.1) is 38.6 Å². The van der Waals surface area contributed by atoms with Crippen molar-refractivity contribution in [1.82, 2.24) is 5.32 Å². The van der Waals surface area contributed by atoms with E-state index in [1.807, 2.05) is 6.08 Å². The van der Waals surface area contributed by atoms with E-state index in [0.717, 1.165) is 83.5 Å². The van der Waals surface area contributed by atoms with Gasteiger partial charge in [0.2, 0.25) is 5.91 Å². The maximum Gasteiger partial charge on any atom is 0.220 e. The number of rotatable bonds is 34. The fourth-order valence-corrected chi connectivity index (χ4v) is 8.39. The number of carbonyl (C=O) groups is 1. The van der Waals surface area contributed by atoms with Gasteiger partial charge >= 0.3 is 0 Å². The van der Waals surface area contributed by atoms with Gasteiger partial charge in [0.15, 0.2) is 18.9 Å². The summed E-state index contributed by atoms with van der Waals surface area (Å²) in [6.45, 7) is 1.57. The molecule has 1 amide bonds. The Hall–Kier alpha value is -1.99. The highest BCUT2D eigenvalue weighted by Gasteiger charge is 2.53. The van der Waals surface area contributed by atoms with Gasteiger partial charge < -0.3 is 89.9 Å². The molecule has 0 spiro atoms. The van der Waals surface area contributed by atoms with E-state index >= 15 is 0 Å².